The van der Waals surface area contributed by atoms with Crippen molar-refractivity contribution in [3.63, 3.8) is 0 Å². The van der Waals surface area contributed by atoms with E-state index in [2.05, 4.69) is 69.2 Å². The second-order valence-electron chi connectivity index (χ2n) is 16.5. The number of aromatic nitrogens is 3. The lowest BCUT2D eigenvalue weighted by Gasteiger charge is -2.35. The van der Waals surface area contributed by atoms with E-state index in [-0.39, 0.29) is 41.7 Å². The zero-order chi connectivity index (χ0) is 41.1. The Morgan fingerprint density at radius 2 is 1.41 bits per heavy atom. The van der Waals surface area contributed by atoms with E-state index in [1.807, 2.05) is 38.8 Å². The molecule has 2 aromatic carbocycles. The molecule has 1 saturated carbocycles. The average Bonchev–Trinajstić information content (AvgIpc) is 4.07. The number of ether oxygens (including phenoxy) is 2. The highest BCUT2D eigenvalue weighted by Gasteiger charge is 2.40. The number of hydrazine groups is 1. The summed E-state index contributed by atoms with van der Waals surface area (Å²) in [6.45, 7) is 8.27. The van der Waals surface area contributed by atoms with Crippen molar-refractivity contribution in [3.05, 3.63) is 77.4 Å². The van der Waals surface area contributed by atoms with Crippen LogP contribution in [0, 0.1) is 11.8 Å². The Balaban J connectivity index is 1.06. The molecule has 4 atom stereocenters. The number of rotatable bonds is 10. The first-order chi connectivity index (χ1) is 28.0. The number of amides is 4. The molecule has 4 N–H and O–H groups in total. The van der Waals surface area contributed by atoms with Crippen LogP contribution < -0.4 is 10.7 Å². The fourth-order valence-electron chi connectivity index (χ4n) is 9.20. The van der Waals surface area contributed by atoms with Gasteiger partial charge < -0.3 is 29.7 Å². The van der Waals surface area contributed by atoms with Gasteiger partial charge in [-0.25, -0.2) is 25.0 Å². The van der Waals surface area contributed by atoms with Gasteiger partial charge in [0.25, 0.3) is 0 Å². The molecule has 58 heavy (non-hydrogen) atoms. The molecule has 13 nitrogen and oxygen atoms in total. The molecule has 2 aliphatic carbocycles. The Labute approximate surface area is 340 Å². The van der Waals surface area contributed by atoms with Crippen molar-refractivity contribution >= 4 is 24.0 Å². The number of methoxy groups -OCH3 is 2. The van der Waals surface area contributed by atoms with Crippen LogP contribution in [0.25, 0.3) is 33.6 Å². The molecule has 3 heterocycles. The van der Waals surface area contributed by atoms with Gasteiger partial charge >= 0.3 is 12.2 Å². The first-order valence-electron chi connectivity index (χ1n) is 20.8. The second kappa shape index (κ2) is 17.5. The molecule has 0 unspecified atom stereocenters. The number of nitrogens with zero attached hydrogens (tertiary/aromatic N) is 3. The van der Waals surface area contributed by atoms with Gasteiger partial charge in [0.1, 0.15) is 11.9 Å². The Morgan fingerprint density at radius 3 is 2.07 bits per heavy atom. The summed E-state index contributed by atoms with van der Waals surface area (Å²) in [6, 6.07) is 16.1. The van der Waals surface area contributed by atoms with Gasteiger partial charge in [-0.3, -0.25) is 9.59 Å². The SMILES string of the molecule is COC(=O)N[C@H](C(=O)N1CCC[C@H]1c1[nH]c(-c2ccc(-c3ccc(-c4cnc([C@@H]5CCCC[C@@H]5C(=O)N(NC(=O)OC)C(C)C)[nH]4)cc3)cc2)c2c1CCC2)C(C)C. The van der Waals surface area contributed by atoms with E-state index in [4.69, 9.17) is 14.5 Å². The van der Waals surface area contributed by atoms with Crippen LogP contribution in [0.3, 0.4) is 0 Å². The van der Waals surface area contributed by atoms with Gasteiger partial charge in [0.05, 0.1) is 32.2 Å². The number of nitrogens with one attached hydrogen (secondary N) is 4. The van der Waals surface area contributed by atoms with E-state index in [1.165, 1.54) is 30.4 Å². The number of carbonyl (C=O) groups excluding carboxylic acids is 4. The van der Waals surface area contributed by atoms with E-state index in [0.717, 1.165) is 103 Å². The van der Waals surface area contributed by atoms with Gasteiger partial charge in [0.2, 0.25) is 11.8 Å². The lowest BCUT2D eigenvalue weighted by molar-refractivity contribution is -0.142. The van der Waals surface area contributed by atoms with E-state index >= 15 is 0 Å². The highest BCUT2D eigenvalue weighted by molar-refractivity contribution is 5.87. The smallest absolute Gasteiger partial charge is 0.425 e. The molecule has 1 aliphatic heterocycles. The van der Waals surface area contributed by atoms with Gasteiger partial charge in [-0.2, -0.15) is 0 Å². The third-order valence-electron chi connectivity index (χ3n) is 12.2. The average molecular weight is 792 g/mol. The molecular formula is C45H57N7O6. The number of aromatic amines is 2. The molecule has 4 aromatic rings. The Bertz CT molecular complexity index is 2100. The summed E-state index contributed by atoms with van der Waals surface area (Å²) >= 11 is 0. The van der Waals surface area contributed by atoms with Crippen LogP contribution in [-0.2, 0) is 31.9 Å². The molecule has 3 aliphatic rings. The molecular weight excluding hydrogens is 735 g/mol. The van der Waals surface area contributed by atoms with E-state index in [9.17, 15) is 19.2 Å². The summed E-state index contributed by atoms with van der Waals surface area (Å²) in [5.41, 5.74) is 12.8. The van der Waals surface area contributed by atoms with E-state index < -0.39 is 18.2 Å². The predicted octanol–water partition coefficient (Wildman–Crippen LogP) is 8.05. The number of likely N-dealkylation sites (tertiary alicyclic amines) is 1. The van der Waals surface area contributed by atoms with Crippen molar-refractivity contribution in [1.29, 1.82) is 0 Å². The first-order valence-corrected chi connectivity index (χ1v) is 20.8. The zero-order valence-corrected chi connectivity index (χ0v) is 34.5. The van der Waals surface area contributed by atoms with E-state index in [0.29, 0.717) is 6.54 Å². The van der Waals surface area contributed by atoms with Crippen LogP contribution in [0.15, 0.2) is 54.7 Å². The summed E-state index contributed by atoms with van der Waals surface area (Å²) in [5.74, 6) is 0.123. The summed E-state index contributed by atoms with van der Waals surface area (Å²) in [7, 11) is 2.60. The topological polar surface area (TPSA) is 162 Å². The van der Waals surface area contributed by atoms with Crippen molar-refractivity contribution < 1.29 is 28.7 Å². The monoisotopic (exact) mass is 791 g/mol. The van der Waals surface area contributed by atoms with Crippen molar-refractivity contribution in [1.82, 2.24) is 35.6 Å². The Hall–Kier alpha value is -5.59. The molecule has 2 fully saturated rings. The molecule has 2 aromatic heterocycles. The Morgan fingerprint density at radius 1 is 0.776 bits per heavy atom. The van der Waals surface area contributed by atoms with Gasteiger partial charge in [0.15, 0.2) is 0 Å². The number of hydrogen-bond donors (Lipinski definition) is 4. The number of alkyl carbamates (subject to hydrolysis) is 1. The summed E-state index contributed by atoms with van der Waals surface area (Å²) in [6.07, 6.45) is 8.96. The van der Waals surface area contributed by atoms with Crippen molar-refractivity contribution in [3.8, 4) is 33.6 Å². The maximum Gasteiger partial charge on any atom is 0.425 e. The van der Waals surface area contributed by atoms with Crippen molar-refractivity contribution in [2.75, 3.05) is 20.8 Å². The van der Waals surface area contributed by atoms with E-state index in [1.54, 1.807) is 0 Å². The van der Waals surface area contributed by atoms with Crippen LogP contribution >= 0.6 is 0 Å². The third-order valence-corrected chi connectivity index (χ3v) is 12.2. The van der Waals surface area contributed by atoms with Crippen molar-refractivity contribution in [2.45, 2.75) is 110 Å². The normalized spacial score (nSPS) is 19.5. The quantitative estimate of drug-likeness (QED) is 0.118. The van der Waals surface area contributed by atoms with Gasteiger partial charge in [0, 0.05) is 35.8 Å². The van der Waals surface area contributed by atoms with Crippen LogP contribution in [0.4, 0.5) is 9.59 Å². The second-order valence-corrected chi connectivity index (χ2v) is 16.5. The van der Waals surface area contributed by atoms with Gasteiger partial charge in [-0.15, -0.1) is 0 Å². The number of benzene rings is 2. The van der Waals surface area contributed by atoms with Crippen LogP contribution in [0.1, 0.15) is 107 Å². The molecule has 13 heteroatoms. The predicted molar refractivity (Wildman–Crippen MR) is 221 cm³/mol. The largest absolute Gasteiger partial charge is 0.453 e. The minimum absolute atomic E-state index is 0.0605. The van der Waals surface area contributed by atoms with Crippen molar-refractivity contribution in [2.24, 2.45) is 11.8 Å². The summed E-state index contributed by atoms with van der Waals surface area (Å²) in [4.78, 5) is 65.7. The summed E-state index contributed by atoms with van der Waals surface area (Å²) < 4.78 is 9.59. The fourth-order valence-corrected chi connectivity index (χ4v) is 9.20. The highest BCUT2D eigenvalue weighted by Crippen LogP contribution is 2.43. The lowest BCUT2D eigenvalue weighted by atomic mass is 9.78. The molecule has 308 valence electrons. The zero-order valence-electron chi connectivity index (χ0n) is 34.5. The minimum atomic E-state index is -0.664. The highest BCUT2D eigenvalue weighted by atomic mass is 16.5. The minimum Gasteiger partial charge on any atom is -0.453 e. The number of hydrogen-bond acceptors (Lipinski definition) is 7. The molecule has 0 spiro atoms. The van der Waals surface area contributed by atoms with Crippen LogP contribution in [0.5, 0.6) is 0 Å². The summed E-state index contributed by atoms with van der Waals surface area (Å²) in [5, 5.41) is 4.15. The van der Waals surface area contributed by atoms with Crippen LogP contribution in [-0.4, -0.2) is 81.7 Å². The maximum absolute atomic E-state index is 13.9. The molecule has 4 amide bonds. The molecule has 0 bridgehead atoms. The lowest BCUT2D eigenvalue weighted by Crippen LogP contribution is -2.53. The third kappa shape index (κ3) is 8.21. The molecule has 0 radical (unpaired) electrons. The fraction of sp³-hybridized carbons (Fsp3) is 0.489. The Kier molecular flexibility index (Phi) is 12.2. The number of carbonyl (C=O) groups is 4. The number of imidazole rings is 1. The van der Waals surface area contributed by atoms with Crippen LogP contribution in [0.2, 0.25) is 0 Å². The maximum atomic E-state index is 13.9. The van der Waals surface area contributed by atoms with Gasteiger partial charge in [-0.05, 0) is 98.1 Å². The first kappa shape index (κ1) is 40.6. The van der Waals surface area contributed by atoms with Gasteiger partial charge in [-0.1, -0.05) is 75.2 Å². The molecule has 1 saturated heterocycles. The number of H-pyrrole nitrogens is 2. The number of fused-ring (bicyclic) bond motifs is 1. The molecule has 7 rings (SSSR count). The standard InChI is InChI=1S/C45H57N7O6/c1-26(2)38(49-44(55)57-5)43(54)51-24-10-15-37(51)40-33-14-9-13-32(33)39(48-40)31-22-18-29(19-23-31)28-16-20-30(21-17-28)36-25-46-41(47-36)34-11-7-8-12-35(34)42(53)52(27(3)4)50-45(56)58-6/h16-23,25-27,34-35,37-38,48H,7-15,24H2,1-6H3,(H,46,47)(H,49,55)(H,50,56)/t34-,35+,37+,38+/m1/s1.